The van der Waals surface area contributed by atoms with Gasteiger partial charge in [0, 0.05) is 10.6 Å². The molecule has 0 saturated heterocycles. The molecule has 0 aliphatic carbocycles. The molecule has 1 aromatic carbocycles. The van der Waals surface area contributed by atoms with Crippen LogP contribution < -0.4 is 15.8 Å². The zero-order chi connectivity index (χ0) is 13.8. The zero-order valence-electron chi connectivity index (χ0n) is 10.8. The van der Waals surface area contributed by atoms with Crippen molar-refractivity contribution >= 4 is 22.9 Å². The molecule has 3 N–H and O–H groups in total. The van der Waals surface area contributed by atoms with Crippen molar-refractivity contribution in [1.29, 1.82) is 0 Å². The Hall–Kier alpha value is -2.01. The Bertz CT molecular complexity index is 567. The molecular formula is C14H16N2O2S. The van der Waals surface area contributed by atoms with E-state index >= 15 is 0 Å². The van der Waals surface area contributed by atoms with E-state index in [1.807, 2.05) is 24.4 Å². The second kappa shape index (κ2) is 5.75. The third-order valence-electron chi connectivity index (χ3n) is 2.82. The summed E-state index contributed by atoms with van der Waals surface area (Å²) in [6.45, 7) is 1.94. The summed E-state index contributed by atoms with van der Waals surface area (Å²) in [6.07, 6.45) is 0. The highest BCUT2D eigenvalue weighted by Gasteiger charge is 2.15. The van der Waals surface area contributed by atoms with Gasteiger partial charge in [-0.1, -0.05) is 6.07 Å². The number of rotatable bonds is 4. The lowest BCUT2D eigenvalue weighted by Gasteiger charge is -2.14. The quantitative estimate of drug-likeness (QED) is 0.844. The third-order valence-corrected chi connectivity index (χ3v) is 3.88. The number of hydrogen-bond donors (Lipinski definition) is 2. The van der Waals surface area contributed by atoms with Gasteiger partial charge in [0.2, 0.25) is 0 Å². The highest BCUT2D eigenvalue weighted by molar-refractivity contribution is 7.10. The lowest BCUT2D eigenvalue weighted by atomic mass is 10.1. The minimum atomic E-state index is -0.197. The van der Waals surface area contributed by atoms with E-state index in [9.17, 15) is 4.79 Å². The Labute approximate surface area is 116 Å². The molecule has 1 heterocycles. The molecule has 19 heavy (non-hydrogen) atoms. The van der Waals surface area contributed by atoms with Gasteiger partial charge in [-0.3, -0.25) is 4.79 Å². The second-order valence-electron chi connectivity index (χ2n) is 4.16. The molecule has 4 nitrogen and oxygen atoms in total. The molecule has 100 valence electrons. The molecular weight excluding hydrogens is 260 g/mol. The summed E-state index contributed by atoms with van der Waals surface area (Å²) in [4.78, 5) is 13.3. The Morgan fingerprint density at radius 1 is 1.42 bits per heavy atom. The largest absolute Gasteiger partial charge is 0.497 e. The number of carbonyl (C=O) groups is 1. The van der Waals surface area contributed by atoms with Gasteiger partial charge in [0.25, 0.3) is 5.91 Å². The first-order valence-corrected chi connectivity index (χ1v) is 6.77. The fraction of sp³-hybridized carbons (Fsp3) is 0.214. The van der Waals surface area contributed by atoms with Crippen molar-refractivity contribution in [2.24, 2.45) is 0 Å². The summed E-state index contributed by atoms with van der Waals surface area (Å²) in [5.41, 5.74) is 6.70. The van der Waals surface area contributed by atoms with E-state index in [0.29, 0.717) is 17.0 Å². The van der Waals surface area contributed by atoms with E-state index in [1.165, 1.54) is 0 Å². The van der Waals surface area contributed by atoms with Crippen molar-refractivity contribution < 1.29 is 9.53 Å². The Kier molecular flexibility index (Phi) is 4.06. The molecule has 1 amide bonds. The van der Waals surface area contributed by atoms with Crippen LogP contribution >= 0.6 is 11.3 Å². The minimum Gasteiger partial charge on any atom is -0.497 e. The molecule has 0 spiro atoms. The Morgan fingerprint density at radius 3 is 2.84 bits per heavy atom. The second-order valence-corrected chi connectivity index (χ2v) is 5.14. The van der Waals surface area contributed by atoms with Crippen molar-refractivity contribution in [3.05, 3.63) is 46.2 Å². The number of nitrogens with one attached hydrogen (secondary N) is 1. The van der Waals surface area contributed by atoms with Gasteiger partial charge in [0.05, 0.1) is 18.7 Å². The first kappa shape index (κ1) is 13.4. The Balaban J connectivity index is 2.16. The fourth-order valence-electron chi connectivity index (χ4n) is 1.74. The predicted octanol–water partition coefficient (Wildman–Crippen LogP) is 2.83. The predicted molar refractivity (Wildman–Crippen MR) is 77.6 cm³/mol. The van der Waals surface area contributed by atoms with E-state index in [4.69, 9.17) is 10.5 Å². The minimum absolute atomic E-state index is 0.0434. The van der Waals surface area contributed by atoms with E-state index in [0.717, 1.165) is 4.88 Å². The van der Waals surface area contributed by atoms with Crippen molar-refractivity contribution in [2.75, 3.05) is 12.8 Å². The fourth-order valence-corrected chi connectivity index (χ4v) is 2.48. The molecule has 2 rings (SSSR count). The van der Waals surface area contributed by atoms with Gasteiger partial charge >= 0.3 is 0 Å². The van der Waals surface area contributed by atoms with Crippen LogP contribution in [0.2, 0.25) is 0 Å². The summed E-state index contributed by atoms with van der Waals surface area (Å²) >= 11 is 1.61. The summed E-state index contributed by atoms with van der Waals surface area (Å²) in [6, 6.07) is 8.95. The lowest BCUT2D eigenvalue weighted by Crippen LogP contribution is -2.26. The summed E-state index contributed by atoms with van der Waals surface area (Å²) in [5, 5.41) is 4.91. The molecule has 0 bridgehead atoms. The number of carbonyl (C=O) groups excluding carboxylic acids is 1. The molecule has 0 unspecified atom stereocenters. The van der Waals surface area contributed by atoms with E-state index in [-0.39, 0.29) is 11.9 Å². The number of nitrogens with two attached hydrogens (primary N) is 1. The molecule has 0 saturated carbocycles. The number of anilines is 1. The maximum absolute atomic E-state index is 12.2. The Morgan fingerprint density at radius 2 is 2.21 bits per heavy atom. The van der Waals surface area contributed by atoms with Crippen molar-refractivity contribution in [3.63, 3.8) is 0 Å². The van der Waals surface area contributed by atoms with Crippen LogP contribution in [0.5, 0.6) is 5.75 Å². The summed E-state index contributed by atoms with van der Waals surface area (Å²) in [5.74, 6) is 0.417. The molecule has 1 atom stereocenters. The standard InChI is InChI=1S/C14H16N2O2S/c1-9(13-4-3-7-19-13)16-14(17)11-8-10(18-2)5-6-12(11)15/h3-9H,15H2,1-2H3,(H,16,17)/t9-/m1/s1. The van der Waals surface area contributed by atoms with E-state index < -0.39 is 0 Å². The smallest absolute Gasteiger partial charge is 0.254 e. The average Bonchev–Trinajstić information content (AvgIpc) is 2.93. The maximum Gasteiger partial charge on any atom is 0.254 e. The van der Waals surface area contributed by atoms with Gasteiger partial charge in [-0.2, -0.15) is 0 Å². The molecule has 1 aromatic heterocycles. The van der Waals surface area contributed by atoms with Crippen molar-refractivity contribution in [3.8, 4) is 5.75 Å². The van der Waals surface area contributed by atoms with Gasteiger partial charge in [0.15, 0.2) is 0 Å². The third kappa shape index (κ3) is 3.06. The van der Waals surface area contributed by atoms with Crippen LogP contribution in [0.15, 0.2) is 35.7 Å². The summed E-state index contributed by atoms with van der Waals surface area (Å²) < 4.78 is 5.10. The van der Waals surface area contributed by atoms with Gasteiger partial charge in [-0.25, -0.2) is 0 Å². The van der Waals surface area contributed by atoms with Crippen LogP contribution in [-0.4, -0.2) is 13.0 Å². The molecule has 0 aliphatic heterocycles. The van der Waals surface area contributed by atoms with Crippen LogP contribution in [0.1, 0.15) is 28.2 Å². The highest BCUT2D eigenvalue weighted by Crippen LogP contribution is 2.22. The number of hydrogen-bond acceptors (Lipinski definition) is 4. The van der Waals surface area contributed by atoms with Crippen LogP contribution in [-0.2, 0) is 0 Å². The topological polar surface area (TPSA) is 64.3 Å². The van der Waals surface area contributed by atoms with Crippen molar-refractivity contribution in [2.45, 2.75) is 13.0 Å². The molecule has 5 heteroatoms. The van der Waals surface area contributed by atoms with Crippen LogP contribution in [0.3, 0.4) is 0 Å². The first-order valence-electron chi connectivity index (χ1n) is 5.89. The van der Waals surface area contributed by atoms with Crippen molar-refractivity contribution in [1.82, 2.24) is 5.32 Å². The van der Waals surface area contributed by atoms with Crippen LogP contribution in [0, 0.1) is 0 Å². The van der Waals surface area contributed by atoms with Crippen LogP contribution in [0.4, 0.5) is 5.69 Å². The number of thiophene rings is 1. The number of benzene rings is 1. The lowest BCUT2D eigenvalue weighted by molar-refractivity contribution is 0.0941. The average molecular weight is 276 g/mol. The number of nitrogen functional groups attached to an aromatic ring is 1. The maximum atomic E-state index is 12.2. The van der Waals surface area contributed by atoms with E-state index in [1.54, 1.807) is 36.6 Å². The molecule has 0 fully saturated rings. The zero-order valence-corrected chi connectivity index (χ0v) is 11.7. The van der Waals surface area contributed by atoms with Gasteiger partial charge in [-0.05, 0) is 36.6 Å². The number of ether oxygens (including phenoxy) is 1. The summed E-state index contributed by atoms with van der Waals surface area (Å²) in [7, 11) is 1.56. The van der Waals surface area contributed by atoms with Gasteiger partial charge < -0.3 is 15.8 Å². The highest BCUT2D eigenvalue weighted by atomic mass is 32.1. The van der Waals surface area contributed by atoms with E-state index in [2.05, 4.69) is 5.32 Å². The molecule has 0 radical (unpaired) electrons. The van der Waals surface area contributed by atoms with Gasteiger partial charge in [-0.15, -0.1) is 11.3 Å². The molecule has 0 aliphatic rings. The SMILES string of the molecule is COc1ccc(N)c(C(=O)N[C@H](C)c2cccs2)c1. The first-order chi connectivity index (χ1) is 9.11. The number of amides is 1. The number of methoxy groups -OCH3 is 1. The monoisotopic (exact) mass is 276 g/mol. The normalized spacial score (nSPS) is 11.9. The molecule has 2 aromatic rings. The van der Waals surface area contributed by atoms with Gasteiger partial charge in [0.1, 0.15) is 5.75 Å². The van der Waals surface area contributed by atoms with Crippen LogP contribution in [0.25, 0.3) is 0 Å².